The lowest BCUT2D eigenvalue weighted by Crippen LogP contribution is -2.16. The molecule has 0 aliphatic rings. The quantitative estimate of drug-likeness (QED) is 0.241. The van der Waals surface area contributed by atoms with Crippen LogP contribution < -0.4 is 10.7 Å². The van der Waals surface area contributed by atoms with Gasteiger partial charge in [0.15, 0.2) is 0 Å². The van der Waals surface area contributed by atoms with Crippen LogP contribution in [0.1, 0.15) is 10.4 Å². The van der Waals surface area contributed by atoms with Crippen LogP contribution in [0.4, 0.5) is 11.6 Å². The number of amides is 1. The highest BCUT2D eigenvalue weighted by Crippen LogP contribution is 2.34. The van der Waals surface area contributed by atoms with Gasteiger partial charge in [0.1, 0.15) is 5.58 Å². The first-order valence-electron chi connectivity index (χ1n) is 10.2. The molecule has 0 aliphatic heterocycles. The van der Waals surface area contributed by atoms with Crippen LogP contribution in [-0.2, 0) is 0 Å². The Kier molecular flexibility index (Phi) is 5.31. The third-order valence-electron chi connectivity index (χ3n) is 5.46. The monoisotopic (exact) mass is 470 g/mol. The SMILES string of the molecule is O=C(Nc1oc2ccc(Cl)cc2c(=O)c1-c1cccc2ccccc12)c1cccc([N+](=O)[O-])c1. The van der Waals surface area contributed by atoms with Crippen molar-refractivity contribution in [2.75, 3.05) is 5.32 Å². The molecule has 0 radical (unpaired) electrons. The van der Waals surface area contributed by atoms with E-state index in [0.717, 1.165) is 16.8 Å². The fourth-order valence-electron chi connectivity index (χ4n) is 3.88. The number of halogens is 1. The molecule has 1 heterocycles. The highest BCUT2D eigenvalue weighted by atomic mass is 35.5. The Hall–Kier alpha value is -4.49. The van der Waals surface area contributed by atoms with E-state index in [9.17, 15) is 19.7 Å². The fraction of sp³-hybridized carbons (Fsp3) is 0. The molecule has 0 saturated heterocycles. The van der Waals surface area contributed by atoms with Gasteiger partial charge in [0.05, 0.1) is 15.9 Å². The number of nitro groups is 1. The maximum absolute atomic E-state index is 13.6. The van der Waals surface area contributed by atoms with Crippen LogP contribution in [0.15, 0.2) is 94.1 Å². The second-order valence-electron chi connectivity index (χ2n) is 7.56. The molecule has 0 fully saturated rings. The first-order valence-corrected chi connectivity index (χ1v) is 10.6. The highest BCUT2D eigenvalue weighted by Gasteiger charge is 2.21. The van der Waals surface area contributed by atoms with Crippen LogP contribution in [0.2, 0.25) is 5.02 Å². The first kappa shape index (κ1) is 21.4. The zero-order chi connectivity index (χ0) is 23.8. The molecule has 34 heavy (non-hydrogen) atoms. The lowest BCUT2D eigenvalue weighted by Gasteiger charge is -2.13. The number of rotatable bonds is 4. The van der Waals surface area contributed by atoms with Crippen LogP contribution in [0, 0.1) is 10.1 Å². The van der Waals surface area contributed by atoms with Gasteiger partial charge in [-0.2, -0.15) is 0 Å². The molecule has 1 amide bonds. The number of benzene rings is 4. The van der Waals surface area contributed by atoms with E-state index < -0.39 is 10.8 Å². The third kappa shape index (κ3) is 3.78. The van der Waals surface area contributed by atoms with E-state index in [2.05, 4.69) is 5.32 Å². The number of hydrogen-bond acceptors (Lipinski definition) is 5. The van der Waals surface area contributed by atoms with Crippen LogP contribution in [0.3, 0.4) is 0 Å². The van der Waals surface area contributed by atoms with Crippen molar-refractivity contribution < 1.29 is 14.1 Å². The second kappa shape index (κ2) is 8.46. The Balaban J connectivity index is 1.73. The Bertz CT molecular complexity index is 1670. The first-order chi connectivity index (χ1) is 16.4. The molecule has 5 aromatic rings. The molecular weight excluding hydrogens is 456 g/mol. The molecule has 0 bridgehead atoms. The van der Waals surface area contributed by atoms with Gasteiger partial charge >= 0.3 is 0 Å². The average Bonchev–Trinajstić information content (AvgIpc) is 2.84. The molecule has 0 atom stereocenters. The Morgan fingerprint density at radius 1 is 0.912 bits per heavy atom. The maximum Gasteiger partial charge on any atom is 0.270 e. The van der Waals surface area contributed by atoms with E-state index in [0.29, 0.717) is 10.6 Å². The number of fused-ring (bicyclic) bond motifs is 2. The van der Waals surface area contributed by atoms with Crippen molar-refractivity contribution >= 4 is 50.8 Å². The van der Waals surface area contributed by atoms with Gasteiger partial charge in [0.2, 0.25) is 11.3 Å². The van der Waals surface area contributed by atoms with Crippen molar-refractivity contribution in [3.05, 3.63) is 116 Å². The van der Waals surface area contributed by atoms with Gasteiger partial charge in [0, 0.05) is 22.7 Å². The molecule has 166 valence electrons. The number of hydrogen-bond donors (Lipinski definition) is 1. The van der Waals surface area contributed by atoms with Gasteiger partial charge in [-0.3, -0.25) is 25.0 Å². The molecule has 1 N–H and O–H groups in total. The maximum atomic E-state index is 13.6. The number of nitro benzene ring substituents is 1. The van der Waals surface area contributed by atoms with Crippen molar-refractivity contribution in [3.8, 4) is 11.1 Å². The van der Waals surface area contributed by atoms with Crippen molar-refractivity contribution in [2.24, 2.45) is 0 Å². The highest BCUT2D eigenvalue weighted by molar-refractivity contribution is 6.31. The summed E-state index contributed by atoms with van der Waals surface area (Å²) in [5, 5.41) is 16.1. The number of non-ortho nitro benzene ring substituents is 1. The molecule has 1 aromatic heterocycles. The van der Waals surface area contributed by atoms with E-state index in [1.165, 1.54) is 24.3 Å². The van der Waals surface area contributed by atoms with Crippen molar-refractivity contribution in [1.82, 2.24) is 0 Å². The number of nitrogens with one attached hydrogen (secondary N) is 1. The standard InChI is InChI=1S/C26H15ClN2O5/c27-17-11-12-22-21(14-17)24(30)23(20-10-4-6-15-5-1-2-9-19(15)20)26(34-22)28-25(31)16-7-3-8-18(13-16)29(32)33/h1-14H,(H,28,31). The molecule has 8 heteroatoms. The summed E-state index contributed by atoms with van der Waals surface area (Å²) in [7, 11) is 0. The minimum atomic E-state index is -0.651. The Morgan fingerprint density at radius 3 is 2.50 bits per heavy atom. The fourth-order valence-corrected chi connectivity index (χ4v) is 4.05. The zero-order valence-electron chi connectivity index (χ0n) is 17.4. The lowest BCUT2D eigenvalue weighted by atomic mass is 9.97. The predicted octanol–water partition coefficient (Wildman–Crippen LogP) is 6.43. The van der Waals surface area contributed by atoms with Gasteiger partial charge in [0.25, 0.3) is 11.6 Å². The molecule has 0 aliphatic carbocycles. The number of carbonyl (C=O) groups excluding carboxylic acids is 1. The van der Waals surface area contributed by atoms with E-state index in [4.69, 9.17) is 16.0 Å². The normalized spacial score (nSPS) is 11.0. The van der Waals surface area contributed by atoms with Crippen LogP contribution in [0.25, 0.3) is 32.9 Å². The lowest BCUT2D eigenvalue weighted by molar-refractivity contribution is -0.384. The van der Waals surface area contributed by atoms with Crippen LogP contribution >= 0.6 is 11.6 Å². The molecule has 7 nitrogen and oxygen atoms in total. The average molecular weight is 471 g/mol. The summed E-state index contributed by atoms with van der Waals surface area (Å²) in [5.74, 6) is -0.714. The number of anilines is 1. The smallest absolute Gasteiger partial charge is 0.270 e. The summed E-state index contributed by atoms with van der Waals surface area (Å²) in [6.45, 7) is 0. The topological polar surface area (TPSA) is 102 Å². The molecule has 5 rings (SSSR count). The van der Waals surface area contributed by atoms with Gasteiger partial charge in [-0.1, -0.05) is 60.1 Å². The predicted molar refractivity (Wildman–Crippen MR) is 131 cm³/mol. The van der Waals surface area contributed by atoms with Crippen LogP contribution in [-0.4, -0.2) is 10.8 Å². The number of carbonyl (C=O) groups is 1. The molecule has 0 saturated carbocycles. The molecule has 0 unspecified atom stereocenters. The summed E-state index contributed by atoms with van der Waals surface area (Å²) in [6.07, 6.45) is 0. The zero-order valence-corrected chi connectivity index (χ0v) is 18.2. The summed E-state index contributed by atoms with van der Waals surface area (Å²) in [4.78, 5) is 37.2. The second-order valence-corrected chi connectivity index (χ2v) is 8.00. The largest absolute Gasteiger partial charge is 0.439 e. The Morgan fingerprint density at radius 2 is 1.68 bits per heavy atom. The van der Waals surface area contributed by atoms with E-state index in [1.807, 2.05) is 36.4 Å². The van der Waals surface area contributed by atoms with Gasteiger partial charge < -0.3 is 4.42 Å². The van der Waals surface area contributed by atoms with E-state index >= 15 is 0 Å². The summed E-state index contributed by atoms with van der Waals surface area (Å²) < 4.78 is 5.98. The molecule has 4 aromatic carbocycles. The van der Waals surface area contributed by atoms with Crippen molar-refractivity contribution in [1.29, 1.82) is 0 Å². The third-order valence-corrected chi connectivity index (χ3v) is 5.69. The van der Waals surface area contributed by atoms with Gasteiger partial charge in [-0.05, 0) is 40.6 Å². The van der Waals surface area contributed by atoms with Gasteiger partial charge in [-0.15, -0.1) is 0 Å². The minimum absolute atomic E-state index is 0.0527. The Labute approximate surface area is 197 Å². The summed E-state index contributed by atoms with van der Waals surface area (Å²) >= 11 is 6.12. The summed E-state index contributed by atoms with van der Waals surface area (Å²) in [5.41, 5.74) is 0.434. The number of nitrogens with zero attached hydrogens (tertiary/aromatic N) is 1. The minimum Gasteiger partial charge on any atom is -0.439 e. The molecular formula is C26H15ClN2O5. The van der Waals surface area contributed by atoms with E-state index in [-0.39, 0.29) is 39.1 Å². The van der Waals surface area contributed by atoms with Crippen LogP contribution in [0.5, 0.6) is 0 Å². The van der Waals surface area contributed by atoms with Crippen molar-refractivity contribution in [3.63, 3.8) is 0 Å². The molecule has 0 spiro atoms. The van der Waals surface area contributed by atoms with Crippen molar-refractivity contribution in [2.45, 2.75) is 0 Å². The van der Waals surface area contributed by atoms with Gasteiger partial charge in [-0.25, -0.2) is 0 Å². The van der Waals surface area contributed by atoms with E-state index in [1.54, 1.807) is 18.2 Å². The summed E-state index contributed by atoms with van der Waals surface area (Å²) in [6, 6.07) is 23.0.